The summed E-state index contributed by atoms with van der Waals surface area (Å²) in [5.41, 5.74) is 4.10. The van der Waals surface area contributed by atoms with Crippen LogP contribution in [0.1, 0.15) is 37.3 Å². The molecule has 0 bridgehead atoms. The van der Waals surface area contributed by atoms with Crippen molar-refractivity contribution in [3.8, 4) is 0 Å². The maximum absolute atomic E-state index is 5.42. The van der Waals surface area contributed by atoms with E-state index in [1.165, 1.54) is 16.7 Å². The molecule has 0 fully saturated rings. The summed E-state index contributed by atoms with van der Waals surface area (Å²) in [6.07, 6.45) is 8.94. The minimum Gasteiger partial charge on any atom is -0.133 e. The highest BCUT2D eigenvalue weighted by Crippen LogP contribution is 2.10. The Morgan fingerprint density at radius 3 is 2.59 bits per heavy atom. The SMILES string of the molecule is [B]/C=C(\C)CC/C=C/CCc1ccccc1C. The molecule has 1 aromatic carbocycles. The molecule has 1 aromatic rings. The monoisotopic (exact) mass is 224 g/mol. The first-order chi connectivity index (χ1) is 8.24. The predicted molar refractivity (Wildman–Crippen MR) is 77.4 cm³/mol. The summed E-state index contributed by atoms with van der Waals surface area (Å²) in [4.78, 5) is 0. The average molecular weight is 224 g/mol. The largest absolute Gasteiger partial charge is 0.133 e. The maximum Gasteiger partial charge on any atom is 0.102 e. The number of hydrogen-bond donors (Lipinski definition) is 0. The zero-order valence-corrected chi connectivity index (χ0v) is 10.9. The number of benzene rings is 1. The molecule has 0 amide bonds. The van der Waals surface area contributed by atoms with Gasteiger partial charge in [0.2, 0.25) is 0 Å². The Balaban J connectivity index is 2.24. The highest BCUT2D eigenvalue weighted by Gasteiger charge is 1.94. The fourth-order valence-electron chi connectivity index (χ4n) is 1.76. The first-order valence-corrected chi connectivity index (χ1v) is 6.31. The summed E-state index contributed by atoms with van der Waals surface area (Å²) in [6.45, 7) is 4.25. The van der Waals surface area contributed by atoms with Crippen LogP contribution in [0.5, 0.6) is 0 Å². The highest BCUT2D eigenvalue weighted by atomic mass is 14.0. The molecule has 0 heterocycles. The van der Waals surface area contributed by atoms with Gasteiger partial charge in [0.1, 0.15) is 7.85 Å². The van der Waals surface area contributed by atoms with E-state index in [-0.39, 0.29) is 0 Å². The third kappa shape index (κ3) is 5.58. The van der Waals surface area contributed by atoms with Gasteiger partial charge in [-0.05, 0) is 50.7 Å². The van der Waals surface area contributed by atoms with Crippen LogP contribution < -0.4 is 0 Å². The van der Waals surface area contributed by atoms with E-state index in [0.717, 1.165) is 25.7 Å². The fraction of sp³-hybridized carbons (Fsp3) is 0.375. The summed E-state index contributed by atoms with van der Waals surface area (Å²) < 4.78 is 0. The van der Waals surface area contributed by atoms with Crippen LogP contribution >= 0.6 is 0 Å². The van der Waals surface area contributed by atoms with Crippen LogP contribution in [0.25, 0.3) is 0 Å². The second-order valence-corrected chi connectivity index (χ2v) is 4.49. The molecule has 0 aliphatic heterocycles. The maximum atomic E-state index is 5.42. The summed E-state index contributed by atoms with van der Waals surface area (Å²) >= 11 is 0. The van der Waals surface area contributed by atoms with Gasteiger partial charge in [-0.25, -0.2) is 0 Å². The Bertz CT molecular complexity index is 388. The molecule has 0 aromatic heterocycles. The van der Waals surface area contributed by atoms with E-state index in [4.69, 9.17) is 7.85 Å². The van der Waals surface area contributed by atoms with Crippen LogP contribution in [-0.4, -0.2) is 7.85 Å². The Labute approximate surface area is 107 Å². The van der Waals surface area contributed by atoms with Crippen molar-refractivity contribution in [2.45, 2.75) is 39.5 Å². The van der Waals surface area contributed by atoms with Gasteiger partial charge in [0.05, 0.1) is 0 Å². The smallest absolute Gasteiger partial charge is 0.102 e. The summed E-state index contributed by atoms with van der Waals surface area (Å²) in [5, 5.41) is 0. The van der Waals surface area contributed by atoms with Gasteiger partial charge >= 0.3 is 0 Å². The molecule has 17 heavy (non-hydrogen) atoms. The van der Waals surface area contributed by atoms with E-state index in [9.17, 15) is 0 Å². The third-order valence-electron chi connectivity index (χ3n) is 3.00. The van der Waals surface area contributed by atoms with Crippen molar-refractivity contribution in [1.82, 2.24) is 0 Å². The Morgan fingerprint density at radius 2 is 1.88 bits per heavy atom. The molecule has 0 saturated heterocycles. The van der Waals surface area contributed by atoms with Crippen molar-refractivity contribution in [3.63, 3.8) is 0 Å². The molecule has 0 atom stereocenters. The first-order valence-electron chi connectivity index (χ1n) is 6.31. The third-order valence-corrected chi connectivity index (χ3v) is 3.00. The Hall–Kier alpha value is -1.24. The number of hydrogen-bond acceptors (Lipinski definition) is 0. The molecule has 0 nitrogen and oxygen atoms in total. The lowest BCUT2D eigenvalue weighted by Crippen LogP contribution is -1.87. The summed E-state index contributed by atoms with van der Waals surface area (Å²) in [6, 6.07) is 8.59. The molecule has 1 heteroatoms. The van der Waals surface area contributed by atoms with Gasteiger partial charge in [-0.1, -0.05) is 42.0 Å². The Morgan fingerprint density at radius 1 is 1.18 bits per heavy atom. The number of allylic oxidation sites excluding steroid dienone is 3. The van der Waals surface area contributed by atoms with E-state index in [1.54, 1.807) is 5.98 Å². The molecular weight excluding hydrogens is 203 g/mol. The van der Waals surface area contributed by atoms with Gasteiger partial charge in [-0.15, -0.1) is 5.98 Å². The lowest BCUT2D eigenvalue weighted by Gasteiger charge is -2.02. The Kier molecular flexibility index (Phi) is 6.46. The standard InChI is InChI=1S/C16H21B/c1-14(13-17)9-5-3-4-6-11-16-12-8-7-10-15(16)2/h3-4,7-8,10,12-13H,5-6,9,11H2,1-2H3/b4-3+,14-13+. The van der Waals surface area contributed by atoms with Gasteiger partial charge in [0.15, 0.2) is 0 Å². The lowest BCUT2D eigenvalue weighted by molar-refractivity contribution is 0.947. The van der Waals surface area contributed by atoms with Gasteiger partial charge in [0.25, 0.3) is 0 Å². The average Bonchev–Trinajstić information content (AvgIpc) is 2.35. The normalized spacial score (nSPS) is 12.2. The van der Waals surface area contributed by atoms with Crippen LogP contribution in [0.15, 0.2) is 48.0 Å². The molecule has 0 aliphatic rings. The van der Waals surface area contributed by atoms with E-state index in [0.29, 0.717) is 0 Å². The predicted octanol–water partition coefficient (Wildman–Crippen LogP) is 4.34. The van der Waals surface area contributed by atoms with Gasteiger partial charge in [-0.2, -0.15) is 0 Å². The zero-order chi connectivity index (χ0) is 12.5. The lowest BCUT2D eigenvalue weighted by atomic mass is 10.0. The molecule has 2 radical (unpaired) electrons. The molecule has 0 unspecified atom stereocenters. The number of rotatable bonds is 6. The quantitative estimate of drug-likeness (QED) is 0.498. The van der Waals surface area contributed by atoms with Gasteiger partial charge < -0.3 is 0 Å². The zero-order valence-electron chi connectivity index (χ0n) is 10.9. The summed E-state index contributed by atoms with van der Waals surface area (Å²) in [7, 11) is 5.42. The molecule has 88 valence electrons. The molecule has 0 N–H and O–H groups in total. The van der Waals surface area contributed by atoms with Crippen LogP contribution in [0.4, 0.5) is 0 Å². The second kappa shape index (κ2) is 7.94. The van der Waals surface area contributed by atoms with Crippen molar-refractivity contribution in [3.05, 3.63) is 59.1 Å². The van der Waals surface area contributed by atoms with E-state index < -0.39 is 0 Å². The topological polar surface area (TPSA) is 0 Å². The molecule has 0 aliphatic carbocycles. The van der Waals surface area contributed by atoms with Crippen LogP contribution in [0.3, 0.4) is 0 Å². The van der Waals surface area contributed by atoms with E-state index >= 15 is 0 Å². The fourth-order valence-corrected chi connectivity index (χ4v) is 1.76. The van der Waals surface area contributed by atoms with Crippen molar-refractivity contribution in [2.24, 2.45) is 0 Å². The molecule has 0 saturated carbocycles. The first kappa shape index (κ1) is 13.8. The summed E-state index contributed by atoms with van der Waals surface area (Å²) in [5.74, 6) is 1.70. The highest BCUT2D eigenvalue weighted by molar-refractivity contribution is 6.17. The second-order valence-electron chi connectivity index (χ2n) is 4.49. The minimum absolute atomic E-state index is 1.07. The molecule has 0 spiro atoms. The van der Waals surface area contributed by atoms with Crippen molar-refractivity contribution >= 4 is 7.85 Å². The van der Waals surface area contributed by atoms with Gasteiger partial charge in [-0.3, -0.25) is 0 Å². The van der Waals surface area contributed by atoms with E-state index in [2.05, 4.69) is 50.3 Å². The van der Waals surface area contributed by atoms with Crippen molar-refractivity contribution in [1.29, 1.82) is 0 Å². The van der Waals surface area contributed by atoms with E-state index in [1.807, 2.05) is 0 Å². The van der Waals surface area contributed by atoms with Crippen LogP contribution in [0, 0.1) is 6.92 Å². The van der Waals surface area contributed by atoms with Crippen molar-refractivity contribution < 1.29 is 0 Å². The number of aryl methyl sites for hydroxylation is 2. The molecule has 1 rings (SSSR count). The van der Waals surface area contributed by atoms with Crippen LogP contribution in [0.2, 0.25) is 0 Å². The van der Waals surface area contributed by atoms with Crippen LogP contribution in [-0.2, 0) is 6.42 Å². The van der Waals surface area contributed by atoms with Crippen molar-refractivity contribution in [2.75, 3.05) is 0 Å². The molecular formula is C16H21B. The van der Waals surface area contributed by atoms with Gasteiger partial charge in [0, 0.05) is 0 Å². The minimum atomic E-state index is 1.07.